The number of methoxy groups -OCH3 is 1. The highest BCUT2D eigenvalue weighted by Gasteiger charge is 2.52. The molecule has 0 heterocycles. The van der Waals surface area contributed by atoms with Gasteiger partial charge in [0.2, 0.25) is 0 Å². The van der Waals surface area contributed by atoms with E-state index in [1.807, 2.05) is 0 Å². The summed E-state index contributed by atoms with van der Waals surface area (Å²) in [6.07, 6.45) is 1.35. The highest BCUT2D eigenvalue weighted by molar-refractivity contribution is 5.77. The van der Waals surface area contributed by atoms with E-state index in [0.717, 1.165) is 0 Å². The molecule has 0 saturated heterocycles. The number of carboxylic acids is 1. The van der Waals surface area contributed by atoms with E-state index in [0.29, 0.717) is 18.4 Å². The lowest BCUT2D eigenvalue weighted by Crippen LogP contribution is -2.42. The average Bonchev–Trinajstić information content (AvgIpc) is 3.09. The molecular weight excluding hydrogens is 225 g/mol. The average molecular weight is 239 g/mol. The molecule has 0 bridgehead atoms. The zero-order chi connectivity index (χ0) is 12.6. The van der Waals surface area contributed by atoms with E-state index in [9.17, 15) is 9.18 Å². The van der Waals surface area contributed by atoms with Crippen molar-refractivity contribution in [2.24, 2.45) is 5.73 Å². The zero-order valence-corrected chi connectivity index (χ0v) is 9.44. The summed E-state index contributed by atoms with van der Waals surface area (Å²) in [5, 5.41) is 8.95. The van der Waals surface area contributed by atoms with Crippen LogP contribution in [0.3, 0.4) is 0 Å². The molecule has 2 rings (SSSR count). The molecule has 1 aliphatic carbocycles. The first kappa shape index (κ1) is 11.9. The number of nitrogens with two attached hydrogens (primary N) is 1. The normalized spacial score (nSPS) is 18.5. The molecule has 0 radical (unpaired) electrons. The van der Waals surface area contributed by atoms with E-state index in [-0.39, 0.29) is 5.75 Å². The second-order valence-electron chi connectivity index (χ2n) is 4.32. The summed E-state index contributed by atoms with van der Waals surface area (Å²) in [5.41, 5.74) is 5.67. The lowest BCUT2D eigenvalue weighted by molar-refractivity contribution is -0.139. The first-order valence-corrected chi connectivity index (χ1v) is 5.33. The number of carboxylic acid groups (broad SMARTS) is 1. The van der Waals surface area contributed by atoms with Gasteiger partial charge in [-0.3, -0.25) is 4.79 Å². The van der Waals surface area contributed by atoms with Gasteiger partial charge in [0.15, 0.2) is 11.6 Å². The van der Waals surface area contributed by atoms with Gasteiger partial charge in [0.05, 0.1) is 7.11 Å². The topological polar surface area (TPSA) is 72.5 Å². The quantitative estimate of drug-likeness (QED) is 0.830. The van der Waals surface area contributed by atoms with Crippen LogP contribution in [-0.4, -0.2) is 24.2 Å². The smallest absolute Gasteiger partial charge is 0.321 e. The predicted molar refractivity (Wildman–Crippen MR) is 59.5 cm³/mol. The third-order valence-electron chi connectivity index (χ3n) is 3.38. The van der Waals surface area contributed by atoms with Crippen LogP contribution in [-0.2, 0) is 10.2 Å². The van der Waals surface area contributed by atoms with Gasteiger partial charge in [-0.1, -0.05) is 6.07 Å². The third-order valence-corrected chi connectivity index (χ3v) is 3.38. The maximum atomic E-state index is 13.6. The van der Waals surface area contributed by atoms with Crippen LogP contribution in [0.4, 0.5) is 4.39 Å². The Bertz CT molecular complexity index is 457. The summed E-state index contributed by atoms with van der Waals surface area (Å²) in [5.74, 6) is -1.40. The molecule has 3 N–H and O–H groups in total. The van der Waals surface area contributed by atoms with Gasteiger partial charge in [-0.2, -0.15) is 0 Å². The fourth-order valence-electron chi connectivity index (χ4n) is 2.13. The van der Waals surface area contributed by atoms with Gasteiger partial charge in [-0.05, 0) is 30.5 Å². The van der Waals surface area contributed by atoms with Crippen molar-refractivity contribution in [1.29, 1.82) is 0 Å². The molecule has 1 unspecified atom stereocenters. The molecule has 1 aromatic rings. The highest BCUT2D eigenvalue weighted by Crippen LogP contribution is 2.50. The molecule has 1 atom stereocenters. The Morgan fingerprint density at radius 3 is 2.65 bits per heavy atom. The Balaban J connectivity index is 2.35. The summed E-state index contributed by atoms with van der Waals surface area (Å²) in [4.78, 5) is 10.9. The largest absolute Gasteiger partial charge is 0.494 e. The van der Waals surface area contributed by atoms with Crippen molar-refractivity contribution in [3.63, 3.8) is 0 Å². The Morgan fingerprint density at radius 2 is 2.24 bits per heavy atom. The number of aliphatic carboxylic acids is 1. The van der Waals surface area contributed by atoms with E-state index in [4.69, 9.17) is 15.6 Å². The number of rotatable bonds is 4. The maximum absolute atomic E-state index is 13.6. The second kappa shape index (κ2) is 4.00. The molecule has 4 nitrogen and oxygen atoms in total. The van der Waals surface area contributed by atoms with Crippen molar-refractivity contribution in [2.75, 3.05) is 7.11 Å². The van der Waals surface area contributed by atoms with Crippen LogP contribution in [0.5, 0.6) is 5.75 Å². The molecule has 1 saturated carbocycles. The predicted octanol–water partition coefficient (Wildman–Crippen LogP) is 1.28. The monoisotopic (exact) mass is 239 g/mol. The van der Waals surface area contributed by atoms with Crippen LogP contribution in [0.2, 0.25) is 0 Å². The van der Waals surface area contributed by atoms with E-state index in [2.05, 4.69) is 0 Å². The molecule has 0 spiro atoms. The van der Waals surface area contributed by atoms with Gasteiger partial charge in [-0.25, -0.2) is 4.39 Å². The van der Waals surface area contributed by atoms with Gasteiger partial charge in [0, 0.05) is 5.41 Å². The van der Waals surface area contributed by atoms with E-state index in [1.54, 1.807) is 6.07 Å². The lowest BCUT2D eigenvalue weighted by atomic mass is 9.88. The molecule has 17 heavy (non-hydrogen) atoms. The summed E-state index contributed by atoms with van der Waals surface area (Å²) < 4.78 is 18.4. The van der Waals surface area contributed by atoms with Crippen LogP contribution in [0, 0.1) is 5.82 Å². The van der Waals surface area contributed by atoms with Crippen molar-refractivity contribution in [1.82, 2.24) is 0 Å². The zero-order valence-electron chi connectivity index (χ0n) is 9.44. The molecule has 1 aliphatic rings. The first-order chi connectivity index (χ1) is 8.01. The van der Waals surface area contributed by atoms with Crippen LogP contribution in [0.15, 0.2) is 18.2 Å². The standard InChI is InChI=1S/C12H14FNO3/c1-17-9-3-2-7(6-8(9)13)12(4-5-12)10(14)11(15)16/h2-3,6,10H,4-5,14H2,1H3,(H,15,16). The Hall–Kier alpha value is -1.62. The van der Waals surface area contributed by atoms with Crippen LogP contribution >= 0.6 is 0 Å². The van der Waals surface area contributed by atoms with Crippen LogP contribution < -0.4 is 10.5 Å². The second-order valence-corrected chi connectivity index (χ2v) is 4.32. The molecular formula is C12H14FNO3. The molecule has 5 heteroatoms. The summed E-state index contributed by atoms with van der Waals surface area (Å²) >= 11 is 0. The highest BCUT2D eigenvalue weighted by atomic mass is 19.1. The summed E-state index contributed by atoms with van der Waals surface area (Å²) in [6, 6.07) is 3.50. The molecule has 1 aromatic carbocycles. The Labute approximate surface area is 98.2 Å². The minimum atomic E-state index is -1.06. The van der Waals surface area contributed by atoms with Gasteiger partial charge < -0.3 is 15.6 Å². The number of benzene rings is 1. The maximum Gasteiger partial charge on any atom is 0.321 e. The van der Waals surface area contributed by atoms with Crippen LogP contribution in [0.25, 0.3) is 0 Å². The Kier molecular flexibility index (Phi) is 2.79. The van der Waals surface area contributed by atoms with Crippen molar-refractivity contribution < 1.29 is 19.0 Å². The summed E-state index contributed by atoms with van der Waals surface area (Å²) in [6.45, 7) is 0. The number of carbonyl (C=O) groups is 1. The fourth-order valence-corrected chi connectivity index (χ4v) is 2.13. The molecule has 0 aliphatic heterocycles. The van der Waals surface area contributed by atoms with Crippen LogP contribution in [0.1, 0.15) is 18.4 Å². The minimum Gasteiger partial charge on any atom is -0.494 e. The number of hydrogen-bond acceptors (Lipinski definition) is 3. The first-order valence-electron chi connectivity index (χ1n) is 5.33. The molecule has 1 fully saturated rings. The molecule has 0 aromatic heterocycles. The van der Waals surface area contributed by atoms with Gasteiger partial charge in [0.1, 0.15) is 6.04 Å². The lowest BCUT2D eigenvalue weighted by Gasteiger charge is -2.20. The van der Waals surface area contributed by atoms with Gasteiger partial charge in [-0.15, -0.1) is 0 Å². The van der Waals surface area contributed by atoms with Crippen molar-refractivity contribution in [3.05, 3.63) is 29.6 Å². The number of ether oxygens (including phenoxy) is 1. The van der Waals surface area contributed by atoms with Crippen molar-refractivity contribution in [2.45, 2.75) is 24.3 Å². The van der Waals surface area contributed by atoms with Gasteiger partial charge in [0.25, 0.3) is 0 Å². The summed E-state index contributed by atoms with van der Waals surface area (Å²) in [7, 11) is 1.38. The third kappa shape index (κ3) is 1.86. The van der Waals surface area contributed by atoms with Crippen molar-refractivity contribution in [3.8, 4) is 5.75 Å². The van der Waals surface area contributed by atoms with E-state index in [1.165, 1.54) is 19.2 Å². The van der Waals surface area contributed by atoms with Gasteiger partial charge >= 0.3 is 5.97 Å². The molecule has 0 amide bonds. The van der Waals surface area contributed by atoms with Crippen molar-refractivity contribution >= 4 is 5.97 Å². The molecule has 92 valence electrons. The van der Waals surface area contributed by atoms with E-state index < -0.39 is 23.2 Å². The number of hydrogen-bond donors (Lipinski definition) is 2. The SMILES string of the molecule is COc1ccc(C2(C(N)C(=O)O)CC2)cc1F. The number of halogens is 1. The minimum absolute atomic E-state index is 0.147. The Morgan fingerprint density at radius 1 is 1.59 bits per heavy atom. The fraction of sp³-hybridized carbons (Fsp3) is 0.417. The van der Waals surface area contributed by atoms with E-state index >= 15 is 0 Å².